The highest BCUT2D eigenvalue weighted by Crippen LogP contribution is 2.22. The maximum absolute atomic E-state index is 12.8. The quantitative estimate of drug-likeness (QED) is 0.634. The third kappa shape index (κ3) is 2.55. The van der Waals surface area contributed by atoms with Crippen molar-refractivity contribution in [3.63, 3.8) is 0 Å². The lowest BCUT2D eigenvalue weighted by atomic mass is 9.96. The van der Waals surface area contributed by atoms with Gasteiger partial charge in [-0.2, -0.15) is 0 Å². The molecule has 0 fully saturated rings. The lowest BCUT2D eigenvalue weighted by molar-refractivity contribution is 0.0962. The molecule has 1 atom stereocenters. The van der Waals surface area contributed by atoms with Crippen molar-refractivity contribution in [2.24, 2.45) is 4.99 Å². The predicted molar refractivity (Wildman–Crippen MR) is 93.8 cm³/mol. The Balaban J connectivity index is 1.85. The number of hydrogen-bond donors (Lipinski definition) is 0. The number of carbonyl (C=O) groups excluding carboxylic acids is 1. The molecular weight excluding hydrogens is 292 g/mol. The van der Waals surface area contributed by atoms with Crippen LogP contribution in [0.25, 0.3) is 0 Å². The number of allylic oxidation sites excluding steroid dienone is 2. The molecule has 0 bridgehead atoms. The number of carbonyl (C=O) groups is 1. The third-order valence-electron chi connectivity index (χ3n) is 4.05. The second-order valence-electron chi connectivity index (χ2n) is 5.83. The second kappa shape index (κ2) is 5.61. The Bertz CT molecular complexity index is 735. The number of rotatable bonds is 3. The molecule has 1 aromatic rings. The Hall–Kier alpha value is -2.07. The number of aryl methyl sites for hydroxylation is 3. The van der Waals surface area contributed by atoms with Crippen LogP contribution in [0.15, 0.2) is 41.4 Å². The first kappa shape index (κ1) is 14.9. The number of hydrogen-bond acceptors (Lipinski definition) is 2. The van der Waals surface area contributed by atoms with Crippen molar-refractivity contribution in [1.29, 1.82) is 0 Å². The maximum atomic E-state index is 12.8. The largest absolute Gasteiger partial charge is 0.328 e. The van der Waals surface area contributed by atoms with Gasteiger partial charge in [0.2, 0.25) is 0 Å². The zero-order valence-corrected chi connectivity index (χ0v) is 13.8. The molecule has 3 nitrogen and oxygen atoms in total. The number of nitrogens with zero attached hydrogens (tertiary/aromatic N) is 2. The van der Waals surface area contributed by atoms with Gasteiger partial charge in [-0.1, -0.05) is 35.9 Å². The molecule has 0 radical (unpaired) electrons. The van der Waals surface area contributed by atoms with Gasteiger partial charge in [0, 0.05) is 5.56 Å². The molecule has 2 aliphatic rings. The number of benzene rings is 1. The third-order valence-corrected chi connectivity index (χ3v) is 4.38. The molecule has 1 heterocycles. The van der Waals surface area contributed by atoms with Gasteiger partial charge in [0.05, 0.1) is 18.3 Å². The first-order valence-corrected chi connectivity index (χ1v) is 7.73. The minimum atomic E-state index is -0.00693. The van der Waals surface area contributed by atoms with E-state index in [1.165, 1.54) is 5.56 Å². The van der Waals surface area contributed by atoms with Crippen LogP contribution in [-0.4, -0.2) is 34.1 Å². The van der Waals surface area contributed by atoms with Crippen LogP contribution < -0.4 is 0 Å². The van der Waals surface area contributed by atoms with Gasteiger partial charge in [0.15, 0.2) is 10.9 Å². The number of Topliss-reactive ketones (excluding diaryl/α,β-unsaturated/α-hetero) is 1. The SMILES string of the molecule is Cc1cc(C)c(C(=O)CN2C(=S)N=C3C=CC=CC32)c(C)c1. The summed E-state index contributed by atoms with van der Waals surface area (Å²) < 4.78 is 0. The van der Waals surface area contributed by atoms with E-state index >= 15 is 0 Å². The van der Waals surface area contributed by atoms with Gasteiger partial charge in [-0.15, -0.1) is 0 Å². The zero-order chi connectivity index (χ0) is 15.9. The Morgan fingerprint density at radius 3 is 2.59 bits per heavy atom. The highest BCUT2D eigenvalue weighted by Gasteiger charge is 2.32. The van der Waals surface area contributed by atoms with E-state index in [2.05, 4.69) is 4.99 Å². The fourth-order valence-corrected chi connectivity index (χ4v) is 3.48. The summed E-state index contributed by atoms with van der Waals surface area (Å²) in [5, 5.41) is 0.493. The zero-order valence-electron chi connectivity index (χ0n) is 13.0. The summed E-state index contributed by atoms with van der Waals surface area (Å²) in [5.74, 6) is 0.0942. The Morgan fingerprint density at radius 1 is 1.23 bits per heavy atom. The van der Waals surface area contributed by atoms with Gasteiger partial charge < -0.3 is 4.90 Å². The van der Waals surface area contributed by atoms with E-state index in [0.717, 1.165) is 22.4 Å². The van der Waals surface area contributed by atoms with Gasteiger partial charge in [0.25, 0.3) is 0 Å². The molecule has 0 saturated heterocycles. The molecule has 1 aliphatic heterocycles. The van der Waals surface area contributed by atoms with Crippen molar-refractivity contribution in [2.45, 2.75) is 26.8 Å². The standard InChI is InChI=1S/C18H18N2OS/c1-11-8-12(2)17(13(3)9-11)16(21)10-20-15-7-5-4-6-14(15)19-18(20)22/h4-9,15H,10H2,1-3H3. The van der Waals surface area contributed by atoms with Crippen molar-refractivity contribution >= 4 is 28.8 Å². The normalized spacial score (nSPS) is 19.4. The van der Waals surface area contributed by atoms with Gasteiger partial charge in [-0.25, -0.2) is 4.99 Å². The molecule has 112 valence electrons. The van der Waals surface area contributed by atoms with E-state index < -0.39 is 0 Å². The topological polar surface area (TPSA) is 32.7 Å². The summed E-state index contributed by atoms with van der Waals surface area (Å²) in [5.41, 5.74) is 4.93. The number of fused-ring (bicyclic) bond motifs is 1. The summed E-state index contributed by atoms with van der Waals surface area (Å²) in [6.07, 6.45) is 7.89. The minimum absolute atomic E-state index is 0.00693. The molecule has 4 heteroatoms. The highest BCUT2D eigenvalue weighted by molar-refractivity contribution is 7.80. The molecule has 1 aliphatic carbocycles. The summed E-state index contributed by atoms with van der Waals surface area (Å²) in [4.78, 5) is 19.1. The summed E-state index contributed by atoms with van der Waals surface area (Å²) in [6.45, 7) is 6.28. The van der Waals surface area contributed by atoms with Crippen LogP contribution >= 0.6 is 12.2 Å². The van der Waals surface area contributed by atoms with E-state index in [1.807, 2.05) is 62.1 Å². The van der Waals surface area contributed by atoms with Crippen molar-refractivity contribution < 1.29 is 4.79 Å². The monoisotopic (exact) mass is 310 g/mol. The molecule has 3 rings (SSSR count). The Morgan fingerprint density at radius 2 is 1.91 bits per heavy atom. The molecule has 0 amide bonds. The average molecular weight is 310 g/mol. The van der Waals surface area contributed by atoms with E-state index in [9.17, 15) is 4.79 Å². The molecule has 1 unspecified atom stereocenters. The second-order valence-corrected chi connectivity index (χ2v) is 6.20. The number of thiocarbonyl (C=S) groups is 1. The van der Waals surface area contributed by atoms with Gasteiger partial charge in [0.1, 0.15) is 0 Å². The Kier molecular flexibility index (Phi) is 3.79. The van der Waals surface area contributed by atoms with Crippen LogP contribution in [0.3, 0.4) is 0 Å². The van der Waals surface area contributed by atoms with Crippen molar-refractivity contribution in [3.8, 4) is 0 Å². The van der Waals surface area contributed by atoms with E-state index in [4.69, 9.17) is 12.2 Å². The predicted octanol–water partition coefficient (Wildman–Crippen LogP) is 3.33. The first-order valence-electron chi connectivity index (χ1n) is 7.32. The molecular formula is C18H18N2OS. The van der Waals surface area contributed by atoms with Crippen LogP contribution in [0.1, 0.15) is 27.0 Å². The molecule has 0 spiro atoms. The van der Waals surface area contributed by atoms with Gasteiger partial charge >= 0.3 is 0 Å². The summed E-state index contributed by atoms with van der Waals surface area (Å²) in [7, 11) is 0. The lowest BCUT2D eigenvalue weighted by Crippen LogP contribution is -2.40. The molecule has 22 heavy (non-hydrogen) atoms. The van der Waals surface area contributed by atoms with Crippen LogP contribution in [0.2, 0.25) is 0 Å². The van der Waals surface area contributed by atoms with Crippen molar-refractivity contribution in [3.05, 3.63) is 58.7 Å². The summed E-state index contributed by atoms with van der Waals surface area (Å²) in [6, 6.07) is 4.09. The number of aliphatic imine (C=N–C) groups is 1. The minimum Gasteiger partial charge on any atom is -0.328 e. The van der Waals surface area contributed by atoms with Gasteiger partial charge in [-0.05, 0) is 50.2 Å². The van der Waals surface area contributed by atoms with Crippen molar-refractivity contribution in [1.82, 2.24) is 4.90 Å². The fraction of sp³-hybridized carbons (Fsp3) is 0.278. The van der Waals surface area contributed by atoms with Crippen LogP contribution in [-0.2, 0) is 0 Å². The maximum Gasteiger partial charge on any atom is 0.196 e. The molecule has 1 aromatic carbocycles. The number of ketones is 1. The fourth-order valence-electron chi connectivity index (χ4n) is 3.20. The van der Waals surface area contributed by atoms with E-state index in [1.54, 1.807) is 0 Å². The summed E-state index contributed by atoms with van der Waals surface area (Å²) >= 11 is 5.33. The lowest BCUT2D eigenvalue weighted by Gasteiger charge is -2.24. The van der Waals surface area contributed by atoms with Crippen LogP contribution in [0.5, 0.6) is 0 Å². The van der Waals surface area contributed by atoms with E-state index in [0.29, 0.717) is 5.11 Å². The van der Waals surface area contributed by atoms with Crippen molar-refractivity contribution in [2.75, 3.05) is 6.54 Å². The van der Waals surface area contributed by atoms with Crippen LogP contribution in [0, 0.1) is 20.8 Å². The smallest absolute Gasteiger partial charge is 0.196 e. The Labute approximate surface area is 136 Å². The first-order chi connectivity index (χ1) is 10.5. The molecule has 0 N–H and O–H groups in total. The molecule has 0 saturated carbocycles. The molecule has 0 aromatic heterocycles. The average Bonchev–Trinajstić information content (AvgIpc) is 2.74. The van der Waals surface area contributed by atoms with E-state index in [-0.39, 0.29) is 18.4 Å². The highest BCUT2D eigenvalue weighted by atomic mass is 32.1. The van der Waals surface area contributed by atoms with Crippen LogP contribution in [0.4, 0.5) is 0 Å². The van der Waals surface area contributed by atoms with Gasteiger partial charge in [-0.3, -0.25) is 4.79 Å².